The van der Waals surface area contributed by atoms with Gasteiger partial charge in [0.15, 0.2) is 23.0 Å². The molecule has 4 N–H and O–H groups in total. The van der Waals surface area contributed by atoms with Gasteiger partial charge in [-0.2, -0.15) is 0 Å². The Bertz CT molecular complexity index is 784. The number of benzene rings is 2. The van der Waals surface area contributed by atoms with E-state index in [0.29, 0.717) is 18.0 Å². The van der Waals surface area contributed by atoms with E-state index in [-0.39, 0.29) is 11.5 Å². The first kappa shape index (κ1) is 23.3. The Balaban J connectivity index is 1.99. The molecular formula is C24H32N2O4. The first-order valence-electron chi connectivity index (χ1n) is 10.1. The highest BCUT2D eigenvalue weighted by atomic mass is 16.5. The van der Waals surface area contributed by atoms with Gasteiger partial charge in [0, 0.05) is 13.1 Å². The molecule has 0 atom stereocenters. The number of unbranched alkanes of at least 4 members (excludes halogenated alkanes) is 1. The molecule has 0 aliphatic heterocycles. The first-order chi connectivity index (χ1) is 14.6. The molecule has 2 rings (SSSR count). The summed E-state index contributed by atoms with van der Waals surface area (Å²) in [6, 6.07) is 10.6. The van der Waals surface area contributed by atoms with Crippen LogP contribution in [-0.2, 0) is 0 Å². The van der Waals surface area contributed by atoms with Gasteiger partial charge in [0.05, 0.1) is 14.2 Å². The molecule has 0 amide bonds. The maximum atomic E-state index is 9.71. The van der Waals surface area contributed by atoms with E-state index in [1.54, 1.807) is 12.1 Å². The third-order valence-electron chi connectivity index (χ3n) is 4.68. The van der Waals surface area contributed by atoms with E-state index < -0.39 is 0 Å². The van der Waals surface area contributed by atoms with Crippen LogP contribution < -0.4 is 15.2 Å². The summed E-state index contributed by atoms with van der Waals surface area (Å²) in [7, 11) is 3.08. The number of hydrogen-bond donors (Lipinski definition) is 3. The highest BCUT2D eigenvalue weighted by Gasteiger charge is 2.04. The Labute approximate surface area is 178 Å². The molecule has 0 aliphatic rings. The Morgan fingerprint density at radius 3 is 1.77 bits per heavy atom. The Morgan fingerprint density at radius 2 is 1.33 bits per heavy atom. The predicted octanol–water partition coefficient (Wildman–Crippen LogP) is 3.88. The van der Waals surface area contributed by atoms with Crippen LogP contribution in [-0.4, -0.2) is 55.5 Å². The molecule has 30 heavy (non-hydrogen) atoms. The van der Waals surface area contributed by atoms with Crippen LogP contribution in [0.25, 0.3) is 12.2 Å². The zero-order valence-electron chi connectivity index (χ0n) is 17.8. The molecule has 2 aromatic rings. The van der Waals surface area contributed by atoms with Gasteiger partial charge in [0.25, 0.3) is 0 Å². The Hall–Kier alpha value is -2.96. The van der Waals surface area contributed by atoms with Gasteiger partial charge in [0.1, 0.15) is 0 Å². The number of nitrogens with zero attached hydrogens (tertiary/aromatic N) is 1. The molecule has 2 aromatic carbocycles. The molecule has 0 saturated heterocycles. The van der Waals surface area contributed by atoms with E-state index >= 15 is 0 Å². The minimum Gasteiger partial charge on any atom is -0.504 e. The van der Waals surface area contributed by atoms with Gasteiger partial charge in [-0.3, -0.25) is 4.90 Å². The van der Waals surface area contributed by atoms with Crippen molar-refractivity contribution in [1.29, 1.82) is 0 Å². The average Bonchev–Trinajstić information content (AvgIpc) is 2.75. The zero-order chi connectivity index (χ0) is 21.8. The van der Waals surface area contributed by atoms with Gasteiger partial charge >= 0.3 is 0 Å². The fourth-order valence-corrected chi connectivity index (χ4v) is 3.01. The number of hydrogen-bond acceptors (Lipinski definition) is 6. The van der Waals surface area contributed by atoms with Crippen LogP contribution in [0.15, 0.2) is 48.6 Å². The van der Waals surface area contributed by atoms with Crippen molar-refractivity contribution in [2.24, 2.45) is 5.73 Å². The average molecular weight is 413 g/mol. The highest BCUT2D eigenvalue weighted by molar-refractivity contribution is 5.56. The lowest BCUT2D eigenvalue weighted by Crippen LogP contribution is -2.25. The van der Waals surface area contributed by atoms with Crippen molar-refractivity contribution in [1.82, 2.24) is 4.90 Å². The van der Waals surface area contributed by atoms with Crippen molar-refractivity contribution in [3.63, 3.8) is 0 Å². The third kappa shape index (κ3) is 7.46. The van der Waals surface area contributed by atoms with Gasteiger partial charge in [-0.25, -0.2) is 0 Å². The van der Waals surface area contributed by atoms with Crippen LogP contribution in [0.2, 0.25) is 0 Å². The molecule has 162 valence electrons. The van der Waals surface area contributed by atoms with Crippen LogP contribution >= 0.6 is 0 Å². The first-order valence-corrected chi connectivity index (χ1v) is 10.1. The number of methoxy groups -OCH3 is 2. The van der Waals surface area contributed by atoms with Gasteiger partial charge in [-0.05, 0) is 61.3 Å². The summed E-state index contributed by atoms with van der Waals surface area (Å²) in [6.45, 7) is 3.22. The minimum atomic E-state index is 0.133. The van der Waals surface area contributed by atoms with E-state index in [9.17, 15) is 10.2 Å². The van der Waals surface area contributed by atoms with Crippen molar-refractivity contribution >= 4 is 12.2 Å². The normalized spacial score (nSPS) is 11.6. The third-order valence-corrected chi connectivity index (χ3v) is 4.68. The molecule has 0 fully saturated rings. The fraction of sp³-hybridized carbons (Fsp3) is 0.333. The van der Waals surface area contributed by atoms with Crippen molar-refractivity contribution in [2.45, 2.75) is 12.8 Å². The smallest absolute Gasteiger partial charge is 0.161 e. The molecule has 0 aromatic heterocycles. The quantitative estimate of drug-likeness (QED) is 0.459. The van der Waals surface area contributed by atoms with E-state index in [0.717, 1.165) is 43.6 Å². The molecule has 0 unspecified atom stereocenters. The second-order valence-corrected chi connectivity index (χ2v) is 6.92. The molecular weight excluding hydrogens is 380 g/mol. The van der Waals surface area contributed by atoms with Crippen LogP contribution in [0.4, 0.5) is 0 Å². The summed E-state index contributed by atoms with van der Waals surface area (Å²) >= 11 is 0. The molecule has 0 aliphatic carbocycles. The maximum Gasteiger partial charge on any atom is 0.161 e. The van der Waals surface area contributed by atoms with Crippen molar-refractivity contribution < 1.29 is 19.7 Å². The zero-order valence-corrected chi connectivity index (χ0v) is 17.8. The minimum absolute atomic E-state index is 0.133. The summed E-state index contributed by atoms with van der Waals surface area (Å²) in [4.78, 5) is 2.33. The van der Waals surface area contributed by atoms with E-state index in [2.05, 4.69) is 17.1 Å². The molecule has 6 nitrogen and oxygen atoms in total. The largest absolute Gasteiger partial charge is 0.504 e. The highest BCUT2D eigenvalue weighted by Crippen LogP contribution is 2.27. The van der Waals surface area contributed by atoms with Crippen LogP contribution in [0.1, 0.15) is 24.0 Å². The van der Waals surface area contributed by atoms with E-state index in [4.69, 9.17) is 15.2 Å². The summed E-state index contributed by atoms with van der Waals surface area (Å²) in [6.07, 6.45) is 10.3. The SMILES string of the molecule is COc1cc(/C=C/CN(C/C=C/c2ccc(O)c(OC)c2)CCCCN)ccc1O. The lowest BCUT2D eigenvalue weighted by atomic mass is 10.1. The lowest BCUT2D eigenvalue weighted by Gasteiger charge is -2.18. The molecule has 0 bridgehead atoms. The Morgan fingerprint density at radius 1 is 0.833 bits per heavy atom. The monoisotopic (exact) mass is 412 g/mol. The van der Waals surface area contributed by atoms with E-state index in [1.165, 1.54) is 14.2 Å². The summed E-state index contributed by atoms with van der Waals surface area (Å²) in [5, 5.41) is 19.4. The van der Waals surface area contributed by atoms with Gasteiger partial charge < -0.3 is 25.4 Å². The van der Waals surface area contributed by atoms with Gasteiger partial charge in [-0.15, -0.1) is 0 Å². The topological polar surface area (TPSA) is 88.2 Å². The number of rotatable bonds is 12. The predicted molar refractivity (Wildman–Crippen MR) is 122 cm³/mol. The molecule has 0 heterocycles. The van der Waals surface area contributed by atoms with Crippen molar-refractivity contribution in [2.75, 3.05) is 40.4 Å². The molecule has 0 spiro atoms. The van der Waals surface area contributed by atoms with E-state index in [1.807, 2.05) is 36.4 Å². The van der Waals surface area contributed by atoms with Gasteiger partial charge in [-0.1, -0.05) is 36.4 Å². The maximum absolute atomic E-state index is 9.71. The number of ether oxygens (including phenoxy) is 2. The number of aromatic hydroxyl groups is 2. The number of nitrogens with two attached hydrogens (primary N) is 1. The summed E-state index contributed by atoms with van der Waals surface area (Å²) in [5.74, 6) is 1.19. The van der Waals surface area contributed by atoms with Crippen LogP contribution in [0.5, 0.6) is 23.0 Å². The summed E-state index contributed by atoms with van der Waals surface area (Å²) < 4.78 is 10.3. The van der Waals surface area contributed by atoms with Gasteiger partial charge in [0.2, 0.25) is 0 Å². The van der Waals surface area contributed by atoms with Crippen molar-refractivity contribution in [3.8, 4) is 23.0 Å². The van der Waals surface area contributed by atoms with Crippen LogP contribution in [0, 0.1) is 0 Å². The number of phenolic OH excluding ortho intramolecular Hbond substituents is 2. The Kier molecular flexibility index (Phi) is 9.77. The van der Waals surface area contributed by atoms with Crippen molar-refractivity contribution in [3.05, 3.63) is 59.7 Å². The second-order valence-electron chi connectivity index (χ2n) is 6.92. The lowest BCUT2D eigenvalue weighted by molar-refractivity contribution is 0.328. The van der Waals surface area contributed by atoms with Crippen LogP contribution in [0.3, 0.4) is 0 Å². The standard InChI is InChI=1S/C24H32N2O4/c1-29-23-17-19(9-11-21(23)27)7-5-15-26(14-4-3-13-25)16-6-8-20-10-12-22(28)24(18-20)30-2/h5-12,17-18,27-28H,3-4,13-16,25H2,1-2H3/b7-5+,8-6+. The molecule has 0 radical (unpaired) electrons. The second kappa shape index (κ2) is 12.6. The number of phenols is 2. The summed E-state index contributed by atoms with van der Waals surface area (Å²) in [5.41, 5.74) is 7.58. The molecule has 0 saturated carbocycles. The molecule has 6 heteroatoms. The fourth-order valence-electron chi connectivity index (χ4n) is 3.01.